The predicted molar refractivity (Wildman–Crippen MR) is 90.9 cm³/mol. The van der Waals surface area contributed by atoms with E-state index in [1.165, 1.54) is 6.92 Å². The lowest BCUT2D eigenvalue weighted by atomic mass is 9.95. The number of ether oxygens (including phenoxy) is 1. The zero-order chi connectivity index (χ0) is 17.9. The van der Waals surface area contributed by atoms with Crippen LogP contribution in [0.1, 0.15) is 45.5 Å². The third kappa shape index (κ3) is 3.77. The second-order valence-electron chi connectivity index (χ2n) is 5.94. The molecule has 4 nitrogen and oxygen atoms in total. The molecule has 0 aliphatic rings. The molecule has 0 saturated heterocycles. The molecule has 0 fully saturated rings. The topological polar surface area (TPSA) is 60.4 Å². The first-order valence-electron chi connectivity index (χ1n) is 7.70. The van der Waals surface area contributed by atoms with Crippen molar-refractivity contribution in [1.82, 2.24) is 0 Å². The summed E-state index contributed by atoms with van der Waals surface area (Å²) in [5.41, 5.74) is 3.39. The fraction of sp³-hybridized carbons (Fsp3) is 0.250. The second kappa shape index (κ2) is 7.21. The number of carbonyl (C=O) groups excluding carboxylic acids is 3. The number of hydrogen-bond acceptors (Lipinski definition) is 4. The van der Waals surface area contributed by atoms with Gasteiger partial charge in [-0.25, -0.2) is 4.79 Å². The molecular formula is C20H20O4. The highest BCUT2D eigenvalue weighted by molar-refractivity contribution is 6.08. The van der Waals surface area contributed by atoms with Gasteiger partial charge in [-0.1, -0.05) is 48.0 Å². The monoisotopic (exact) mass is 324 g/mol. The smallest absolute Gasteiger partial charge is 0.346 e. The number of ketones is 1. The van der Waals surface area contributed by atoms with Crippen molar-refractivity contribution in [3.63, 3.8) is 0 Å². The Kier molecular flexibility index (Phi) is 5.29. The van der Waals surface area contributed by atoms with E-state index in [2.05, 4.69) is 0 Å². The molecule has 4 heteroatoms. The van der Waals surface area contributed by atoms with Crippen molar-refractivity contribution < 1.29 is 19.1 Å². The van der Waals surface area contributed by atoms with E-state index in [4.69, 9.17) is 4.74 Å². The van der Waals surface area contributed by atoms with Crippen molar-refractivity contribution in [1.29, 1.82) is 0 Å². The fourth-order valence-electron chi connectivity index (χ4n) is 2.89. The zero-order valence-corrected chi connectivity index (χ0v) is 14.3. The van der Waals surface area contributed by atoms with Gasteiger partial charge >= 0.3 is 11.9 Å². The molecule has 0 bridgehead atoms. The average molecular weight is 324 g/mol. The molecule has 1 atom stereocenters. The summed E-state index contributed by atoms with van der Waals surface area (Å²) >= 11 is 0. The van der Waals surface area contributed by atoms with Crippen molar-refractivity contribution in [2.75, 3.05) is 0 Å². The molecule has 0 heterocycles. The molecule has 2 aromatic carbocycles. The van der Waals surface area contributed by atoms with Crippen LogP contribution in [-0.4, -0.2) is 17.7 Å². The molecule has 0 aliphatic carbocycles. The molecule has 2 rings (SSSR count). The molecule has 0 aromatic heterocycles. The fourth-order valence-corrected chi connectivity index (χ4v) is 2.89. The summed E-state index contributed by atoms with van der Waals surface area (Å²) in [4.78, 5) is 36.7. The Morgan fingerprint density at radius 3 is 1.96 bits per heavy atom. The third-order valence-corrected chi connectivity index (χ3v) is 3.85. The Balaban J connectivity index is 2.28. The summed E-state index contributed by atoms with van der Waals surface area (Å²) in [6.45, 7) is 6.83. The number of esters is 2. The maximum absolute atomic E-state index is 12.4. The molecule has 0 radical (unpaired) electrons. The number of hydrogen-bond donors (Lipinski definition) is 0. The molecule has 0 spiro atoms. The van der Waals surface area contributed by atoms with E-state index in [-0.39, 0.29) is 5.78 Å². The number of Topliss-reactive ketones (excluding diaryl/α,β-unsaturated/α-hetero) is 1. The third-order valence-electron chi connectivity index (χ3n) is 3.85. The van der Waals surface area contributed by atoms with Gasteiger partial charge in [-0.3, -0.25) is 9.59 Å². The van der Waals surface area contributed by atoms with Crippen LogP contribution < -0.4 is 0 Å². The van der Waals surface area contributed by atoms with Crippen LogP contribution in [0, 0.1) is 20.8 Å². The number of aryl methyl sites for hydroxylation is 3. The van der Waals surface area contributed by atoms with Crippen LogP contribution in [0.2, 0.25) is 0 Å². The van der Waals surface area contributed by atoms with Crippen LogP contribution in [0.25, 0.3) is 0 Å². The van der Waals surface area contributed by atoms with Crippen molar-refractivity contribution in [3.8, 4) is 0 Å². The Morgan fingerprint density at radius 1 is 0.917 bits per heavy atom. The lowest BCUT2D eigenvalue weighted by molar-refractivity contribution is -0.142. The van der Waals surface area contributed by atoms with E-state index in [1.807, 2.05) is 19.1 Å². The van der Waals surface area contributed by atoms with Gasteiger partial charge in [0.15, 0.2) is 0 Å². The van der Waals surface area contributed by atoms with Crippen LogP contribution in [-0.2, 0) is 14.3 Å². The predicted octanol–water partition coefficient (Wildman–Crippen LogP) is 3.67. The van der Waals surface area contributed by atoms with Crippen molar-refractivity contribution >= 4 is 17.7 Å². The molecule has 0 N–H and O–H groups in total. The van der Waals surface area contributed by atoms with Crippen LogP contribution >= 0.6 is 0 Å². The van der Waals surface area contributed by atoms with Crippen LogP contribution in [0.15, 0.2) is 42.5 Å². The molecule has 124 valence electrons. The lowest BCUT2D eigenvalue weighted by Gasteiger charge is -2.14. The maximum Gasteiger partial charge on any atom is 0.346 e. The molecule has 0 amide bonds. The normalized spacial score (nSPS) is 11.7. The van der Waals surface area contributed by atoms with E-state index in [9.17, 15) is 14.4 Å². The Morgan fingerprint density at radius 2 is 1.46 bits per heavy atom. The highest BCUT2D eigenvalue weighted by atomic mass is 16.6. The molecule has 1 unspecified atom stereocenters. The maximum atomic E-state index is 12.4. The summed E-state index contributed by atoms with van der Waals surface area (Å²) in [6, 6.07) is 12.3. The quantitative estimate of drug-likeness (QED) is 0.636. The van der Waals surface area contributed by atoms with Crippen molar-refractivity contribution in [2.45, 2.75) is 33.6 Å². The summed E-state index contributed by atoms with van der Waals surface area (Å²) in [7, 11) is 0. The van der Waals surface area contributed by atoms with Gasteiger partial charge in [0.1, 0.15) is 11.7 Å². The lowest BCUT2D eigenvalue weighted by Crippen LogP contribution is -2.25. The summed E-state index contributed by atoms with van der Waals surface area (Å²) in [5.74, 6) is -3.03. The second-order valence-corrected chi connectivity index (χ2v) is 5.94. The van der Waals surface area contributed by atoms with E-state index in [0.29, 0.717) is 11.1 Å². The minimum absolute atomic E-state index is 0.364. The summed E-state index contributed by atoms with van der Waals surface area (Å²) in [5, 5.41) is 0. The van der Waals surface area contributed by atoms with Gasteiger partial charge in [0.2, 0.25) is 0 Å². The highest BCUT2D eigenvalue weighted by Gasteiger charge is 2.29. The molecular weight excluding hydrogens is 304 g/mol. The SMILES string of the molecule is CC(=O)C(C(=O)OC(=O)c1c(C)cc(C)cc1C)c1ccccc1. The molecule has 2 aromatic rings. The standard InChI is InChI=1S/C20H20O4/c1-12-10-13(2)17(14(3)11-12)19(22)24-20(23)18(15(4)21)16-8-6-5-7-9-16/h5-11,18H,1-4H3. The highest BCUT2D eigenvalue weighted by Crippen LogP contribution is 2.22. The summed E-state index contributed by atoms with van der Waals surface area (Å²) < 4.78 is 5.02. The first-order valence-corrected chi connectivity index (χ1v) is 7.70. The van der Waals surface area contributed by atoms with Gasteiger partial charge in [0.25, 0.3) is 0 Å². The number of carbonyl (C=O) groups is 3. The average Bonchev–Trinajstić information content (AvgIpc) is 2.46. The van der Waals surface area contributed by atoms with Crippen LogP contribution in [0.3, 0.4) is 0 Å². The Labute approximate surface area is 141 Å². The first-order chi connectivity index (χ1) is 11.3. The van der Waals surface area contributed by atoms with E-state index >= 15 is 0 Å². The number of benzene rings is 2. The molecule has 0 aliphatic heterocycles. The van der Waals surface area contributed by atoms with E-state index in [0.717, 1.165) is 16.7 Å². The number of rotatable bonds is 4. The van der Waals surface area contributed by atoms with Gasteiger partial charge in [-0.15, -0.1) is 0 Å². The minimum Gasteiger partial charge on any atom is -0.389 e. The minimum atomic E-state index is -1.10. The molecule has 24 heavy (non-hydrogen) atoms. The van der Waals surface area contributed by atoms with Crippen LogP contribution in [0.4, 0.5) is 0 Å². The van der Waals surface area contributed by atoms with Gasteiger partial charge in [0.05, 0.1) is 5.56 Å². The first kappa shape index (κ1) is 17.6. The van der Waals surface area contributed by atoms with E-state index in [1.54, 1.807) is 44.2 Å². The van der Waals surface area contributed by atoms with Crippen molar-refractivity contribution in [2.24, 2.45) is 0 Å². The van der Waals surface area contributed by atoms with E-state index < -0.39 is 17.9 Å². The largest absolute Gasteiger partial charge is 0.389 e. The zero-order valence-electron chi connectivity index (χ0n) is 14.3. The molecule has 0 saturated carbocycles. The van der Waals surface area contributed by atoms with Crippen molar-refractivity contribution in [3.05, 3.63) is 70.3 Å². The van der Waals surface area contributed by atoms with Crippen LogP contribution in [0.5, 0.6) is 0 Å². The Bertz CT molecular complexity index is 768. The Hall–Kier alpha value is -2.75. The van der Waals surface area contributed by atoms with Gasteiger partial charge < -0.3 is 4.74 Å². The van der Waals surface area contributed by atoms with Gasteiger partial charge in [-0.05, 0) is 44.4 Å². The summed E-state index contributed by atoms with van der Waals surface area (Å²) in [6.07, 6.45) is 0. The van der Waals surface area contributed by atoms with Gasteiger partial charge in [-0.2, -0.15) is 0 Å². The van der Waals surface area contributed by atoms with Gasteiger partial charge in [0, 0.05) is 0 Å².